The molecular weight excluding hydrogens is 226 g/mol. The third-order valence-electron chi connectivity index (χ3n) is 3.14. The molecule has 0 radical (unpaired) electrons. The Hall–Kier alpha value is -1.79. The number of piperidine rings is 1. The molecule has 0 spiro atoms. The van der Waals surface area contributed by atoms with Crippen molar-refractivity contribution in [3.05, 3.63) is 29.3 Å². The van der Waals surface area contributed by atoms with E-state index in [9.17, 15) is 4.79 Å². The summed E-state index contributed by atoms with van der Waals surface area (Å²) in [6.45, 7) is 2.64. The average molecular weight is 243 g/mol. The molecule has 3 nitrogen and oxygen atoms in total. The standard InChI is InChI=1S/C15H17NO2/c1-12-7-8-13(5-4-10-17)11-14(12)16-9-3-2-6-15(16)18/h7-8,11,17H,2-3,6,9-10H2,1H3. The highest BCUT2D eigenvalue weighted by Gasteiger charge is 2.20. The van der Waals surface area contributed by atoms with Crippen molar-refractivity contribution in [1.29, 1.82) is 0 Å². The lowest BCUT2D eigenvalue weighted by molar-refractivity contribution is -0.119. The summed E-state index contributed by atoms with van der Waals surface area (Å²) in [5.41, 5.74) is 2.87. The Morgan fingerprint density at radius 3 is 2.94 bits per heavy atom. The number of anilines is 1. The van der Waals surface area contributed by atoms with Crippen molar-refractivity contribution in [3.8, 4) is 11.8 Å². The molecule has 94 valence electrons. The lowest BCUT2D eigenvalue weighted by atomic mass is 10.0. The summed E-state index contributed by atoms with van der Waals surface area (Å²) in [6, 6.07) is 5.82. The first-order chi connectivity index (χ1) is 8.72. The molecule has 0 atom stereocenters. The van der Waals surface area contributed by atoms with Crippen molar-refractivity contribution in [1.82, 2.24) is 0 Å². The Labute approximate surface area is 107 Å². The van der Waals surface area contributed by atoms with E-state index in [0.717, 1.165) is 36.2 Å². The monoisotopic (exact) mass is 243 g/mol. The van der Waals surface area contributed by atoms with Gasteiger partial charge < -0.3 is 10.0 Å². The number of amides is 1. The number of nitrogens with zero attached hydrogens (tertiary/aromatic N) is 1. The van der Waals surface area contributed by atoms with E-state index >= 15 is 0 Å². The van der Waals surface area contributed by atoms with E-state index in [-0.39, 0.29) is 12.5 Å². The molecule has 1 saturated heterocycles. The van der Waals surface area contributed by atoms with Crippen LogP contribution in [0.15, 0.2) is 18.2 Å². The quantitative estimate of drug-likeness (QED) is 0.765. The van der Waals surface area contributed by atoms with Crippen LogP contribution in [-0.2, 0) is 4.79 Å². The van der Waals surface area contributed by atoms with Crippen LogP contribution < -0.4 is 4.90 Å². The lowest BCUT2D eigenvalue weighted by Crippen LogP contribution is -2.35. The van der Waals surface area contributed by atoms with Crippen LogP contribution in [-0.4, -0.2) is 24.2 Å². The van der Waals surface area contributed by atoms with E-state index in [1.54, 1.807) is 0 Å². The van der Waals surface area contributed by atoms with E-state index in [1.165, 1.54) is 0 Å². The molecule has 2 rings (SSSR count). The van der Waals surface area contributed by atoms with Gasteiger partial charge in [-0.1, -0.05) is 17.9 Å². The van der Waals surface area contributed by atoms with E-state index < -0.39 is 0 Å². The number of aryl methyl sites for hydroxylation is 1. The Kier molecular flexibility index (Phi) is 4.01. The Bertz CT molecular complexity index is 511. The van der Waals surface area contributed by atoms with Crippen molar-refractivity contribution in [2.24, 2.45) is 0 Å². The molecule has 18 heavy (non-hydrogen) atoms. The molecule has 0 aliphatic carbocycles. The number of carbonyl (C=O) groups is 1. The topological polar surface area (TPSA) is 40.5 Å². The summed E-state index contributed by atoms with van der Waals surface area (Å²) in [5.74, 6) is 5.70. The van der Waals surface area contributed by atoms with Crippen molar-refractivity contribution in [2.45, 2.75) is 26.2 Å². The summed E-state index contributed by atoms with van der Waals surface area (Å²) in [4.78, 5) is 13.8. The molecule has 0 unspecified atom stereocenters. The van der Waals surface area contributed by atoms with Gasteiger partial charge in [-0.25, -0.2) is 0 Å². The van der Waals surface area contributed by atoms with Crippen molar-refractivity contribution < 1.29 is 9.90 Å². The van der Waals surface area contributed by atoms with Gasteiger partial charge in [-0.3, -0.25) is 4.79 Å². The third-order valence-corrected chi connectivity index (χ3v) is 3.14. The number of hydrogen-bond acceptors (Lipinski definition) is 2. The maximum Gasteiger partial charge on any atom is 0.226 e. The van der Waals surface area contributed by atoms with Gasteiger partial charge in [0.15, 0.2) is 0 Å². The number of aliphatic hydroxyl groups is 1. The van der Waals surface area contributed by atoms with Crippen LogP contribution in [0.5, 0.6) is 0 Å². The summed E-state index contributed by atoms with van der Waals surface area (Å²) in [5, 5.41) is 8.70. The number of benzene rings is 1. The molecule has 1 aliphatic heterocycles. The average Bonchev–Trinajstić information content (AvgIpc) is 2.39. The van der Waals surface area contributed by atoms with Crippen molar-refractivity contribution in [3.63, 3.8) is 0 Å². The zero-order chi connectivity index (χ0) is 13.0. The molecule has 1 amide bonds. The first-order valence-corrected chi connectivity index (χ1v) is 6.23. The van der Waals surface area contributed by atoms with Crippen LogP contribution in [0.3, 0.4) is 0 Å². The van der Waals surface area contributed by atoms with Crippen molar-refractivity contribution in [2.75, 3.05) is 18.1 Å². The van der Waals surface area contributed by atoms with Gasteiger partial charge in [0.2, 0.25) is 5.91 Å². The van der Waals surface area contributed by atoms with Gasteiger partial charge in [-0.2, -0.15) is 0 Å². The second-order valence-electron chi connectivity index (χ2n) is 4.46. The first kappa shape index (κ1) is 12.7. The van der Waals surface area contributed by atoms with Crippen LogP contribution in [0.4, 0.5) is 5.69 Å². The number of rotatable bonds is 1. The molecule has 0 saturated carbocycles. The molecule has 1 N–H and O–H groups in total. The zero-order valence-corrected chi connectivity index (χ0v) is 10.6. The summed E-state index contributed by atoms with van der Waals surface area (Å²) in [7, 11) is 0. The first-order valence-electron chi connectivity index (χ1n) is 6.23. The maximum absolute atomic E-state index is 11.9. The van der Waals surface area contributed by atoms with Crippen LogP contribution in [0, 0.1) is 18.8 Å². The fourth-order valence-corrected chi connectivity index (χ4v) is 2.18. The summed E-state index contributed by atoms with van der Waals surface area (Å²) >= 11 is 0. The van der Waals surface area contributed by atoms with E-state index in [4.69, 9.17) is 5.11 Å². The molecular formula is C15H17NO2. The van der Waals surface area contributed by atoms with Gasteiger partial charge in [0.05, 0.1) is 0 Å². The minimum atomic E-state index is -0.147. The Balaban J connectivity index is 2.33. The number of carbonyl (C=O) groups excluding carboxylic acids is 1. The van der Waals surface area contributed by atoms with Crippen LogP contribution >= 0.6 is 0 Å². The molecule has 1 heterocycles. The molecule has 0 aromatic heterocycles. The molecule has 0 bridgehead atoms. The van der Waals surface area contributed by atoms with Gasteiger partial charge >= 0.3 is 0 Å². The Morgan fingerprint density at radius 2 is 2.22 bits per heavy atom. The highest BCUT2D eigenvalue weighted by Crippen LogP contribution is 2.25. The van der Waals surface area contributed by atoms with Gasteiger partial charge in [0.1, 0.15) is 6.61 Å². The van der Waals surface area contributed by atoms with Crippen LogP contribution in [0.25, 0.3) is 0 Å². The van der Waals surface area contributed by atoms with E-state index in [1.807, 2.05) is 30.0 Å². The SMILES string of the molecule is Cc1ccc(C#CCO)cc1N1CCCCC1=O. The maximum atomic E-state index is 11.9. The highest BCUT2D eigenvalue weighted by molar-refractivity contribution is 5.94. The second-order valence-corrected chi connectivity index (χ2v) is 4.46. The fourth-order valence-electron chi connectivity index (χ4n) is 2.18. The van der Waals surface area contributed by atoms with Gasteiger partial charge in [0.25, 0.3) is 0 Å². The van der Waals surface area contributed by atoms with E-state index in [0.29, 0.717) is 6.42 Å². The molecule has 1 aromatic rings. The molecule has 1 fully saturated rings. The lowest BCUT2D eigenvalue weighted by Gasteiger charge is -2.28. The fraction of sp³-hybridized carbons (Fsp3) is 0.400. The minimum absolute atomic E-state index is 0.147. The Morgan fingerprint density at radius 1 is 1.39 bits per heavy atom. The van der Waals surface area contributed by atoms with Gasteiger partial charge in [-0.05, 0) is 37.5 Å². The number of hydrogen-bond donors (Lipinski definition) is 1. The van der Waals surface area contributed by atoms with Crippen LogP contribution in [0.2, 0.25) is 0 Å². The number of aliphatic hydroxyl groups excluding tert-OH is 1. The predicted molar refractivity (Wildman–Crippen MR) is 71.3 cm³/mol. The summed E-state index contributed by atoms with van der Waals surface area (Å²) < 4.78 is 0. The van der Waals surface area contributed by atoms with Gasteiger partial charge in [0, 0.05) is 24.2 Å². The zero-order valence-electron chi connectivity index (χ0n) is 10.6. The predicted octanol–water partition coefficient (Wildman–Crippen LogP) is 1.86. The minimum Gasteiger partial charge on any atom is -0.384 e. The van der Waals surface area contributed by atoms with E-state index in [2.05, 4.69) is 11.8 Å². The van der Waals surface area contributed by atoms with Crippen LogP contribution in [0.1, 0.15) is 30.4 Å². The highest BCUT2D eigenvalue weighted by atomic mass is 16.2. The molecule has 1 aromatic carbocycles. The third kappa shape index (κ3) is 2.72. The second kappa shape index (κ2) is 5.70. The smallest absolute Gasteiger partial charge is 0.226 e. The van der Waals surface area contributed by atoms with Crippen molar-refractivity contribution >= 4 is 11.6 Å². The normalized spacial score (nSPS) is 15.2. The largest absolute Gasteiger partial charge is 0.384 e. The summed E-state index contributed by atoms with van der Waals surface area (Å²) in [6.07, 6.45) is 2.67. The van der Waals surface area contributed by atoms with Gasteiger partial charge in [-0.15, -0.1) is 0 Å². The molecule has 1 aliphatic rings. The molecule has 3 heteroatoms.